The molecule has 128 valence electrons. The number of rotatable bonds is 6. The molecule has 0 saturated carbocycles. The average molecular weight is 345 g/mol. The Morgan fingerprint density at radius 2 is 2.00 bits per heavy atom. The van der Waals surface area contributed by atoms with Crippen LogP contribution >= 0.6 is 11.8 Å². The van der Waals surface area contributed by atoms with Gasteiger partial charge in [-0.3, -0.25) is 4.79 Å². The minimum atomic E-state index is -0.118. The van der Waals surface area contributed by atoms with Crippen molar-refractivity contribution in [3.63, 3.8) is 0 Å². The molecule has 5 heteroatoms. The van der Waals surface area contributed by atoms with Gasteiger partial charge >= 0.3 is 0 Å². The molecule has 0 atom stereocenters. The molecule has 0 heterocycles. The number of hydrogen-bond donors (Lipinski definition) is 1. The van der Waals surface area contributed by atoms with Crippen LogP contribution in [0.3, 0.4) is 0 Å². The number of hydrogen-bond acceptors (Lipinski definition) is 4. The first-order valence-electron chi connectivity index (χ1n) is 7.82. The van der Waals surface area contributed by atoms with Crippen LogP contribution in [0.2, 0.25) is 0 Å². The van der Waals surface area contributed by atoms with Crippen molar-refractivity contribution in [3.8, 4) is 11.5 Å². The molecule has 1 N–H and O–H groups in total. The number of carbonyl (C=O) groups excluding carboxylic acids is 1. The maximum absolute atomic E-state index is 11.7. The average Bonchev–Trinajstić information content (AvgIpc) is 2.60. The summed E-state index contributed by atoms with van der Waals surface area (Å²) in [6, 6.07) is 11.8. The summed E-state index contributed by atoms with van der Waals surface area (Å²) in [5.41, 5.74) is 3.90. The zero-order valence-corrected chi connectivity index (χ0v) is 15.3. The van der Waals surface area contributed by atoms with E-state index in [9.17, 15) is 4.79 Å². The molecule has 0 aliphatic rings. The molecule has 0 aliphatic carbocycles. The number of anilines is 1. The zero-order valence-electron chi connectivity index (χ0n) is 14.5. The maximum Gasteiger partial charge on any atom is 0.283 e. The second-order valence-corrected chi connectivity index (χ2v) is 6.12. The molecule has 4 nitrogen and oxygen atoms in total. The van der Waals surface area contributed by atoms with Crippen molar-refractivity contribution in [2.45, 2.75) is 26.9 Å². The Labute approximate surface area is 147 Å². The molecule has 1 amide bonds. The Balaban J connectivity index is 2.23. The van der Waals surface area contributed by atoms with Crippen LogP contribution in [-0.2, 0) is 13.0 Å². The van der Waals surface area contributed by atoms with Gasteiger partial charge in [0.15, 0.2) is 0 Å². The lowest BCUT2D eigenvalue weighted by atomic mass is 10.1. The number of aryl methyl sites for hydroxylation is 2. The minimum absolute atomic E-state index is 0.118. The van der Waals surface area contributed by atoms with E-state index in [-0.39, 0.29) is 5.24 Å². The Hall–Kier alpha value is -2.14. The maximum atomic E-state index is 11.7. The zero-order chi connectivity index (χ0) is 17.5. The van der Waals surface area contributed by atoms with E-state index in [0.29, 0.717) is 18.0 Å². The Bertz CT molecular complexity index is 716. The number of amides is 1. The van der Waals surface area contributed by atoms with Gasteiger partial charge in [0.05, 0.1) is 18.4 Å². The Morgan fingerprint density at radius 1 is 1.21 bits per heavy atom. The van der Waals surface area contributed by atoms with Crippen LogP contribution in [0.25, 0.3) is 0 Å². The van der Waals surface area contributed by atoms with Gasteiger partial charge in [0.25, 0.3) is 5.24 Å². The van der Waals surface area contributed by atoms with Crippen molar-refractivity contribution in [1.82, 2.24) is 0 Å². The van der Waals surface area contributed by atoms with E-state index in [1.807, 2.05) is 31.2 Å². The molecule has 0 radical (unpaired) electrons. The molecule has 0 aliphatic heterocycles. The van der Waals surface area contributed by atoms with Gasteiger partial charge in [0.1, 0.15) is 18.1 Å². The second-order valence-electron chi connectivity index (χ2n) is 5.35. The predicted octanol–water partition coefficient (Wildman–Crippen LogP) is 5.04. The molecule has 0 saturated heterocycles. The molecule has 0 fully saturated rings. The van der Waals surface area contributed by atoms with Crippen molar-refractivity contribution < 1.29 is 14.3 Å². The highest BCUT2D eigenvalue weighted by Crippen LogP contribution is 2.29. The summed E-state index contributed by atoms with van der Waals surface area (Å²) in [6.07, 6.45) is 2.74. The molecule has 0 unspecified atom stereocenters. The molecule has 24 heavy (non-hydrogen) atoms. The molecular formula is C19H23NO3S. The smallest absolute Gasteiger partial charge is 0.283 e. The summed E-state index contributed by atoms with van der Waals surface area (Å²) in [6.45, 7) is 4.48. The van der Waals surface area contributed by atoms with E-state index in [2.05, 4.69) is 24.4 Å². The first-order valence-corrected chi connectivity index (χ1v) is 9.04. The highest BCUT2D eigenvalue weighted by molar-refractivity contribution is 8.13. The van der Waals surface area contributed by atoms with Gasteiger partial charge in [-0.25, -0.2) is 0 Å². The monoisotopic (exact) mass is 345 g/mol. The van der Waals surface area contributed by atoms with E-state index in [1.165, 1.54) is 5.56 Å². The van der Waals surface area contributed by atoms with Crippen molar-refractivity contribution in [1.29, 1.82) is 0 Å². The summed E-state index contributed by atoms with van der Waals surface area (Å²) < 4.78 is 11.4. The first-order chi connectivity index (χ1) is 11.6. The van der Waals surface area contributed by atoms with Gasteiger partial charge in [-0.1, -0.05) is 36.9 Å². The number of ether oxygens (including phenoxy) is 2. The predicted molar refractivity (Wildman–Crippen MR) is 100 cm³/mol. The summed E-state index contributed by atoms with van der Waals surface area (Å²) >= 11 is 1.13. The van der Waals surface area contributed by atoms with Crippen molar-refractivity contribution >= 4 is 22.7 Å². The molecule has 2 rings (SSSR count). The van der Waals surface area contributed by atoms with Crippen LogP contribution in [-0.4, -0.2) is 18.6 Å². The molecular weight excluding hydrogens is 322 g/mol. The fourth-order valence-corrected chi connectivity index (χ4v) is 2.64. The van der Waals surface area contributed by atoms with E-state index >= 15 is 0 Å². The lowest BCUT2D eigenvalue weighted by Gasteiger charge is -2.16. The number of thioether (sulfide) groups is 1. The van der Waals surface area contributed by atoms with E-state index in [4.69, 9.17) is 9.47 Å². The lowest BCUT2D eigenvalue weighted by Crippen LogP contribution is -2.09. The molecule has 0 spiro atoms. The summed E-state index contributed by atoms with van der Waals surface area (Å²) in [4.78, 5) is 11.7. The van der Waals surface area contributed by atoms with Crippen LogP contribution in [0.1, 0.15) is 23.6 Å². The third-order valence-electron chi connectivity index (χ3n) is 3.79. The van der Waals surface area contributed by atoms with Gasteiger partial charge in [0.2, 0.25) is 0 Å². The summed E-state index contributed by atoms with van der Waals surface area (Å²) in [5, 5.41) is 2.75. The standard InChI is InChI=1S/C19H23NO3S/c1-5-14-9-10-17(13(2)11-14)23-12-15-16(20-19(21)24-4)7-6-8-18(15)22-3/h6-11H,5,12H2,1-4H3,(H,20,21). The normalized spacial score (nSPS) is 10.3. The van der Waals surface area contributed by atoms with Crippen molar-refractivity contribution in [2.75, 3.05) is 18.7 Å². The van der Waals surface area contributed by atoms with Crippen LogP contribution in [0, 0.1) is 6.92 Å². The van der Waals surface area contributed by atoms with E-state index in [0.717, 1.165) is 35.1 Å². The fraction of sp³-hybridized carbons (Fsp3) is 0.316. The second kappa shape index (κ2) is 8.64. The van der Waals surface area contributed by atoms with Gasteiger partial charge in [0, 0.05) is 0 Å². The van der Waals surface area contributed by atoms with Gasteiger partial charge in [-0.05, 0) is 48.9 Å². The minimum Gasteiger partial charge on any atom is -0.496 e. The van der Waals surface area contributed by atoms with Crippen LogP contribution in [0.15, 0.2) is 36.4 Å². The van der Waals surface area contributed by atoms with E-state index < -0.39 is 0 Å². The molecule has 2 aromatic carbocycles. The van der Waals surface area contributed by atoms with Crippen LogP contribution < -0.4 is 14.8 Å². The quantitative estimate of drug-likeness (QED) is 0.797. The largest absolute Gasteiger partial charge is 0.496 e. The highest BCUT2D eigenvalue weighted by Gasteiger charge is 2.13. The Morgan fingerprint density at radius 3 is 2.62 bits per heavy atom. The molecule has 0 bridgehead atoms. The molecule has 0 aromatic heterocycles. The van der Waals surface area contributed by atoms with Gasteiger partial charge in [-0.2, -0.15) is 0 Å². The Kier molecular flexibility index (Phi) is 6.55. The summed E-state index contributed by atoms with van der Waals surface area (Å²) in [5.74, 6) is 1.52. The lowest BCUT2D eigenvalue weighted by molar-refractivity contribution is 0.269. The van der Waals surface area contributed by atoms with Gasteiger partial charge < -0.3 is 14.8 Å². The van der Waals surface area contributed by atoms with Crippen molar-refractivity contribution in [3.05, 3.63) is 53.1 Å². The summed E-state index contributed by atoms with van der Waals surface area (Å²) in [7, 11) is 1.61. The topological polar surface area (TPSA) is 47.6 Å². The first kappa shape index (κ1) is 18.2. The van der Waals surface area contributed by atoms with Crippen LogP contribution in [0.5, 0.6) is 11.5 Å². The number of nitrogens with one attached hydrogen (secondary N) is 1. The highest BCUT2D eigenvalue weighted by atomic mass is 32.2. The van der Waals surface area contributed by atoms with E-state index in [1.54, 1.807) is 13.4 Å². The number of carbonyl (C=O) groups is 1. The third kappa shape index (κ3) is 4.45. The van der Waals surface area contributed by atoms with Crippen LogP contribution in [0.4, 0.5) is 10.5 Å². The fourth-order valence-electron chi connectivity index (χ4n) is 2.43. The number of benzene rings is 2. The van der Waals surface area contributed by atoms with Gasteiger partial charge in [-0.15, -0.1) is 0 Å². The number of methoxy groups -OCH3 is 1. The SMILES string of the molecule is CCc1ccc(OCc2c(NC(=O)SC)cccc2OC)c(C)c1. The molecule has 2 aromatic rings. The van der Waals surface area contributed by atoms with Crippen molar-refractivity contribution in [2.24, 2.45) is 0 Å². The third-order valence-corrected chi connectivity index (χ3v) is 4.27.